The Hall–Kier alpha value is -1.15. The molecule has 0 saturated carbocycles. The molecule has 0 radical (unpaired) electrons. The fourth-order valence-corrected chi connectivity index (χ4v) is 2.66. The van der Waals surface area contributed by atoms with E-state index in [-0.39, 0.29) is 11.8 Å². The molecule has 0 bridgehead atoms. The van der Waals surface area contributed by atoms with Crippen molar-refractivity contribution in [3.05, 3.63) is 35.4 Å². The highest BCUT2D eigenvalue weighted by atomic mass is 16.1. The van der Waals surface area contributed by atoms with E-state index >= 15 is 0 Å². The van der Waals surface area contributed by atoms with Gasteiger partial charge in [-0.1, -0.05) is 29.8 Å². The minimum absolute atomic E-state index is 0.281. The summed E-state index contributed by atoms with van der Waals surface area (Å²) in [7, 11) is 0. The summed E-state index contributed by atoms with van der Waals surface area (Å²) in [6.07, 6.45) is 3.17. The number of benzene rings is 1. The van der Waals surface area contributed by atoms with Gasteiger partial charge in [-0.2, -0.15) is 0 Å². The third-order valence-corrected chi connectivity index (χ3v) is 3.49. The van der Waals surface area contributed by atoms with E-state index in [1.165, 1.54) is 24.0 Å². The van der Waals surface area contributed by atoms with E-state index < -0.39 is 0 Å². The molecule has 1 atom stereocenters. The maximum absolute atomic E-state index is 11.4. The molecule has 1 aromatic carbocycles. The molecule has 0 N–H and O–H groups in total. The second kappa shape index (κ2) is 5.46. The second-order valence-electron chi connectivity index (χ2n) is 5.08. The largest absolute Gasteiger partial charge is 0.300 e. The third kappa shape index (κ3) is 3.16. The van der Waals surface area contributed by atoms with Crippen LogP contribution in [-0.2, 0) is 4.79 Å². The van der Waals surface area contributed by atoms with Gasteiger partial charge in [0, 0.05) is 12.5 Å². The molecular weight excluding hydrogens is 210 g/mol. The summed E-state index contributed by atoms with van der Waals surface area (Å²) in [5, 5.41) is 0. The number of nitrogens with zero attached hydrogens (tertiary/aromatic N) is 1. The number of ketones is 1. The predicted octanol–water partition coefficient (Wildman–Crippen LogP) is 3.11. The van der Waals surface area contributed by atoms with Gasteiger partial charge in [-0.25, -0.2) is 0 Å². The van der Waals surface area contributed by atoms with Gasteiger partial charge in [0.05, 0.1) is 0 Å². The first-order chi connectivity index (χ1) is 8.16. The topological polar surface area (TPSA) is 20.3 Å². The van der Waals surface area contributed by atoms with E-state index in [1.54, 1.807) is 6.92 Å². The van der Waals surface area contributed by atoms with E-state index in [0.717, 1.165) is 13.1 Å². The standard InChI is InChI=1S/C15H21NO/c1-12-6-5-7-14(10-12)15(11-13(2)17)16-8-3-4-9-16/h5-7,10,15H,3-4,8-9,11H2,1-2H3. The lowest BCUT2D eigenvalue weighted by Gasteiger charge is -2.27. The van der Waals surface area contributed by atoms with Crippen LogP contribution in [0.5, 0.6) is 0 Å². The molecule has 1 unspecified atom stereocenters. The average molecular weight is 231 g/mol. The number of hydrogen-bond acceptors (Lipinski definition) is 2. The number of Topliss-reactive ketones (excluding diaryl/α,β-unsaturated/α-hetero) is 1. The predicted molar refractivity (Wildman–Crippen MR) is 70.0 cm³/mol. The molecule has 0 amide bonds. The van der Waals surface area contributed by atoms with Crippen LogP contribution in [0.15, 0.2) is 24.3 Å². The Morgan fingerprint density at radius 3 is 2.65 bits per heavy atom. The van der Waals surface area contributed by atoms with E-state index in [1.807, 2.05) is 0 Å². The van der Waals surface area contributed by atoms with E-state index in [2.05, 4.69) is 36.1 Å². The summed E-state index contributed by atoms with van der Waals surface area (Å²) in [4.78, 5) is 13.9. The zero-order chi connectivity index (χ0) is 12.3. The monoisotopic (exact) mass is 231 g/mol. The summed E-state index contributed by atoms with van der Waals surface area (Å²) >= 11 is 0. The van der Waals surface area contributed by atoms with Crippen LogP contribution < -0.4 is 0 Å². The van der Waals surface area contributed by atoms with Gasteiger partial charge in [-0.3, -0.25) is 9.69 Å². The molecule has 1 aliphatic heterocycles. The highest BCUT2D eigenvalue weighted by molar-refractivity contribution is 5.76. The number of hydrogen-bond donors (Lipinski definition) is 0. The second-order valence-corrected chi connectivity index (χ2v) is 5.08. The van der Waals surface area contributed by atoms with Crippen molar-refractivity contribution in [3.63, 3.8) is 0 Å². The fourth-order valence-electron chi connectivity index (χ4n) is 2.66. The molecule has 2 rings (SSSR count). The first-order valence-corrected chi connectivity index (χ1v) is 6.47. The Morgan fingerprint density at radius 2 is 2.06 bits per heavy atom. The van der Waals surface area contributed by atoms with Crippen molar-refractivity contribution in [3.8, 4) is 0 Å². The van der Waals surface area contributed by atoms with Gasteiger partial charge in [0.25, 0.3) is 0 Å². The third-order valence-electron chi connectivity index (χ3n) is 3.49. The lowest BCUT2D eigenvalue weighted by molar-refractivity contribution is -0.118. The molecule has 1 fully saturated rings. The molecule has 17 heavy (non-hydrogen) atoms. The maximum Gasteiger partial charge on any atom is 0.131 e. The average Bonchev–Trinajstić information content (AvgIpc) is 2.79. The summed E-state index contributed by atoms with van der Waals surface area (Å²) in [5.41, 5.74) is 2.57. The maximum atomic E-state index is 11.4. The summed E-state index contributed by atoms with van der Waals surface area (Å²) in [6, 6.07) is 8.85. The van der Waals surface area contributed by atoms with Crippen molar-refractivity contribution in [1.82, 2.24) is 4.90 Å². The fraction of sp³-hybridized carbons (Fsp3) is 0.533. The van der Waals surface area contributed by atoms with Crippen LogP contribution in [0, 0.1) is 6.92 Å². The first-order valence-electron chi connectivity index (χ1n) is 6.47. The Labute approximate surface area is 104 Å². The Kier molecular flexibility index (Phi) is 3.95. The molecule has 0 aromatic heterocycles. The Balaban J connectivity index is 2.22. The quantitative estimate of drug-likeness (QED) is 0.793. The highest BCUT2D eigenvalue weighted by Crippen LogP contribution is 2.28. The van der Waals surface area contributed by atoms with Crippen LogP contribution in [0.1, 0.15) is 43.4 Å². The van der Waals surface area contributed by atoms with E-state index in [4.69, 9.17) is 0 Å². The van der Waals surface area contributed by atoms with Gasteiger partial charge in [0.1, 0.15) is 5.78 Å². The lowest BCUT2D eigenvalue weighted by atomic mass is 9.99. The van der Waals surface area contributed by atoms with Crippen LogP contribution in [0.3, 0.4) is 0 Å². The Morgan fingerprint density at radius 1 is 1.35 bits per heavy atom. The summed E-state index contributed by atoms with van der Waals surface area (Å²) < 4.78 is 0. The van der Waals surface area contributed by atoms with Gasteiger partial charge in [0.15, 0.2) is 0 Å². The van der Waals surface area contributed by atoms with Gasteiger partial charge < -0.3 is 0 Å². The molecule has 0 spiro atoms. The van der Waals surface area contributed by atoms with E-state index in [9.17, 15) is 4.79 Å². The SMILES string of the molecule is CC(=O)CC(c1cccc(C)c1)N1CCCC1. The van der Waals surface area contributed by atoms with Crippen LogP contribution in [-0.4, -0.2) is 23.8 Å². The van der Waals surface area contributed by atoms with Crippen molar-refractivity contribution >= 4 is 5.78 Å². The molecular formula is C15H21NO. The number of likely N-dealkylation sites (tertiary alicyclic amines) is 1. The molecule has 1 saturated heterocycles. The minimum Gasteiger partial charge on any atom is -0.300 e. The van der Waals surface area contributed by atoms with Crippen LogP contribution in [0.4, 0.5) is 0 Å². The minimum atomic E-state index is 0.281. The van der Waals surface area contributed by atoms with Crippen molar-refractivity contribution in [2.24, 2.45) is 0 Å². The van der Waals surface area contributed by atoms with Crippen molar-refractivity contribution in [2.75, 3.05) is 13.1 Å². The van der Waals surface area contributed by atoms with E-state index in [0.29, 0.717) is 6.42 Å². The normalized spacial score (nSPS) is 18.2. The number of carbonyl (C=O) groups is 1. The Bertz CT molecular complexity index is 394. The molecule has 1 aromatic rings. The summed E-state index contributed by atoms with van der Waals surface area (Å²) in [6.45, 7) is 6.06. The number of carbonyl (C=O) groups excluding carboxylic acids is 1. The van der Waals surface area contributed by atoms with Gasteiger partial charge >= 0.3 is 0 Å². The van der Waals surface area contributed by atoms with Crippen molar-refractivity contribution < 1.29 is 4.79 Å². The zero-order valence-electron chi connectivity index (χ0n) is 10.8. The van der Waals surface area contributed by atoms with Crippen LogP contribution >= 0.6 is 0 Å². The molecule has 2 nitrogen and oxygen atoms in total. The number of aryl methyl sites for hydroxylation is 1. The molecule has 1 aliphatic rings. The van der Waals surface area contributed by atoms with Gasteiger partial charge in [-0.05, 0) is 45.3 Å². The smallest absolute Gasteiger partial charge is 0.131 e. The van der Waals surface area contributed by atoms with Crippen LogP contribution in [0.25, 0.3) is 0 Å². The summed E-state index contributed by atoms with van der Waals surface area (Å²) in [5.74, 6) is 0.281. The molecule has 1 heterocycles. The highest BCUT2D eigenvalue weighted by Gasteiger charge is 2.24. The van der Waals surface area contributed by atoms with Gasteiger partial charge in [-0.15, -0.1) is 0 Å². The van der Waals surface area contributed by atoms with Crippen molar-refractivity contribution in [2.45, 2.75) is 39.2 Å². The van der Waals surface area contributed by atoms with Gasteiger partial charge in [0.2, 0.25) is 0 Å². The molecule has 2 heteroatoms. The van der Waals surface area contributed by atoms with Crippen molar-refractivity contribution in [1.29, 1.82) is 0 Å². The first kappa shape index (κ1) is 12.3. The zero-order valence-corrected chi connectivity index (χ0v) is 10.8. The molecule has 0 aliphatic carbocycles. The van der Waals surface area contributed by atoms with Crippen LogP contribution in [0.2, 0.25) is 0 Å². The lowest BCUT2D eigenvalue weighted by Crippen LogP contribution is -2.27. The molecule has 92 valence electrons. The number of rotatable bonds is 4.